The third-order valence-electron chi connectivity index (χ3n) is 2.62. The highest BCUT2D eigenvalue weighted by molar-refractivity contribution is 7.10. The van der Waals surface area contributed by atoms with Crippen molar-refractivity contribution in [1.82, 2.24) is 4.90 Å². The molecule has 2 rings (SSSR count). The van der Waals surface area contributed by atoms with Crippen LogP contribution in [0.3, 0.4) is 0 Å². The van der Waals surface area contributed by atoms with Crippen molar-refractivity contribution in [3.05, 3.63) is 22.4 Å². The fourth-order valence-electron chi connectivity index (χ4n) is 1.56. The molecule has 0 aliphatic heterocycles. The first-order valence-electron chi connectivity index (χ1n) is 5.15. The SMILES string of the molecule is CN(CC(O)c1cccs1)C(=O)C1CC1. The average Bonchev–Trinajstić information content (AvgIpc) is 2.91. The van der Waals surface area contributed by atoms with Crippen LogP contribution in [0.15, 0.2) is 17.5 Å². The number of aliphatic hydroxyl groups is 1. The second-order valence-electron chi connectivity index (χ2n) is 4.02. The van der Waals surface area contributed by atoms with Crippen molar-refractivity contribution >= 4 is 17.2 Å². The number of carbonyl (C=O) groups excluding carboxylic acids is 1. The lowest BCUT2D eigenvalue weighted by Crippen LogP contribution is -2.31. The lowest BCUT2D eigenvalue weighted by atomic mass is 10.2. The predicted octanol–water partition coefficient (Wildman–Crippen LogP) is 1.65. The van der Waals surface area contributed by atoms with Crippen LogP contribution >= 0.6 is 11.3 Å². The molecular weight excluding hydrogens is 210 g/mol. The first-order valence-corrected chi connectivity index (χ1v) is 6.03. The topological polar surface area (TPSA) is 40.5 Å². The Morgan fingerprint density at radius 2 is 2.47 bits per heavy atom. The van der Waals surface area contributed by atoms with Gasteiger partial charge in [-0.3, -0.25) is 4.79 Å². The second kappa shape index (κ2) is 4.33. The molecule has 0 aromatic carbocycles. The molecule has 15 heavy (non-hydrogen) atoms. The average molecular weight is 225 g/mol. The van der Waals surface area contributed by atoms with E-state index in [-0.39, 0.29) is 11.8 Å². The summed E-state index contributed by atoms with van der Waals surface area (Å²) in [6.07, 6.45) is 1.48. The van der Waals surface area contributed by atoms with Crippen LogP contribution in [0, 0.1) is 5.92 Å². The third-order valence-corrected chi connectivity index (χ3v) is 3.59. The molecule has 1 aromatic heterocycles. The maximum atomic E-state index is 11.6. The summed E-state index contributed by atoms with van der Waals surface area (Å²) in [5.41, 5.74) is 0. The molecule has 1 heterocycles. The maximum Gasteiger partial charge on any atom is 0.225 e. The fourth-order valence-corrected chi connectivity index (χ4v) is 2.27. The molecule has 1 unspecified atom stereocenters. The Morgan fingerprint density at radius 1 is 1.73 bits per heavy atom. The number of aliphatic hydroxyl groups excluding tert-OH is 1. The van der Waals surface area contributed by atoms with Crippen LogP contribution in [-0.2, 0) is 4.79 Å². The van der Waals surface area contributed by atoms with Gasteiger partial charge >= 0.3 is 0 Å². The van der Waals surface area contributed by atoms with E-state index in [2.05, 4.69) is 0 Å². The van der Waals surface area contributed by atoms with Crippen molar-refractivity contribution in [3.63, 3.8) is 0 Å². The van der Waals surface area contributed by atoms with Crippen molar-refractivity contribution in [2.75, 3.05) is 13.6 Å². The molecule has 1 N–H and O–H groups in total. The summed E-state index contributed by atoms with van der Waals surface area (Å²) in [5, 5.41) is 11.8. The Labute approximate surface area is 93.3 Å². The zero-order chi connectivity index (χ0) is 10.8. The van der Waals surface area contributed by atoms with E-state index in [0.717, 1.165) is 17.7 Å². The van der Waals surface area contributed by atoms with Gasteiger partial charge in [0, 0.05) is 17.8 Å². The number of nitrogens with zero attached hydrogens (tertiary/aromatic N) is 1. The lowest BCUT2D eigenvalue weighted by Gasteiger charge is -2.20. The van der Waals surface area contributed by atoms with E-state index in [4.69, 9.17) is 0 Å². The van der Waals surface area contributed by atoms with E-state index in [0.29, 0.717) is 6.54 Å². The van der Waals surface area contributed by atoms with Crippen LogP contribution < -0.4 is 0 Å². The van der Waals surface area contributed by atoms with Gasteiger partial charge in [0.25, 0.3) is 0 Å². The minimum absolute atomic E-state index is 0.172. The van der Waals surface area contributed by atoms with Crippen LogP contribution in [0.2, 0.25) is 0 Å². The number of carbonyl (C=O) groups is 1. The monoisotopic (exact) mass is 225 g/mol. The molecule has 1 fully saturated rings. The first-order chi connectivity index (χ1) is 7.18. The van der Waals surface area contributed by atoms with Gasteiger partial charge in [0.15, 0.2) is 0 Å². The Morgan fingerprint density at radius 3 is 3.00 bits per heavy atom. The summed E-state index contributed by atoms with van der Waals surface area (Å²) < 4.78 is 0. The highest BCUT2D eigenvalue weighted by atomic mass is 32.1. The van der Waals surface area contributed by atoms with Gasteiger partial charge in [-0.05, 0) is 24.3 Å². The van der Waals surface area contributed by atoms with E-state index in [9.17, 15) is 9.90 Å². The quantitative estimate of drug-likeness (QED) is 0.846. The minimum Gasteiger partial charge on any atom is -0.386 e. The second-order valence-corrected chi connectivity index (χ2v) is 5.00. The number of amides is 1. The van der Waals surface area contributed by atoms with Gasteiger partial charge in [-0.15, -0.1) is 11.3 Å². The Hall–Kier alpha value is -0.870. The van der Waals surface area contributed by atoms with E-state index in [1.54, 1.807) is 11.9 Å². The molecule has 1 saturated carbocycles. The van der Waals surface area contributed by atoms with Crippen molar-refractivity contribution < 1.29 is 9.90 Å². The van der Waals surface area contributed by atoms with Gasteiger partial charge in [-0.1, -0.05) is 6.07 Å². The number of rotatable bonds is 4. The molecule has 4 heteroatoms. The number of hydrogen-bond acceptors (Lipinski definition) is 3. The largest absolute Gasteiger partial charge is 0.386 e. The maximum absolute atomic E-state index is 11.6. The van der Waals surface area contributed by atoms with Crippen molar-refractivity contribution in [3.8, 4) is 0 Å². The zero-order valence-corrected chi connectivity index (χ0v) is 9.54. The van der Waals surface area contributed by atoms with Crippen LogP contribution in [0.5, 0.6) is 0 Å². The van der Waals surface area contributed by atoms with Gasteiger partial charge in [0.1, 0.15) is 6.10 Å². The predicted molar refractivity (Wildman–Crippen MR) is 59.6 cm³/mol. The Kier molecular flexibility index (Phi) is 3.07. The molecule has 82 valence electrons. The number of likely N-dealkylation sites (N-methyl/N-ethyl adjacent to an activating group) is 1. The van der Waals surface area contributed by atoms with Crippen LogP contribution in [0.4, 0.5) is 0 Å². The molecule has 1 aliphatic carbocycles. The van der Waals surface area contributed by atoms with Crippen LogP contribution in [-0.4, -0.2) is 29.5 Å². The summed E-state index contributed by atoms with van der Waals surface area (Å²) in [7, 11) is 1.76. The number of hydrogen-bond donors (Lipinski definition) is 1. The van der Waals surface area contributed by atoms with Gasteiger partial charge in [-0.25, -0.2) is 0 Å². The molecule has 3 nitrogen and oxygen atoms in total. The molecule has 1 aliphatic rings. The third kappa shape index (κ3) is 2.58. The van der Waals surface area contributed by atoms with E-state index >= 15 is 0 Å². The molecule has 1 amide bonds. The molecule has 0 bridgehead atoms. The van der Waals surface area contributed by atoms with E-state index < -0.39 is 6.10 Å². The molecule has 1 atom stereocenters. The summed E-state index contributed by atoms with van der Waals surface area (Å²) in [6, 6.07) is 3.80. The molecule has 0 radical (unpaired) electrons. The van der Waals surface area contributed by atoms with Gasteiger partial charge in [0.2, 0.25) is 5.91 Å². The highest BCUT2D eigenvalue weighted by Crippen LogP contribution is 2.31. The highest BCUT2D eigenvalue weighted by Gasteiger charge is 2.32. The minimum atomic E-state index is -0.544. The molecule has 0 saturated heterocycles. The van der Waals surface area contributed by atoms with Gasteiger partial charge < -0.3 is 10.0 Å². The summed E-state index contributed by atoms with van der Waals surface area (Å²) in [5.74, 6) is 0.399. The Bertz CT molecular complexity index is 332. The summed E-state index contributed by atoms with van der Waals surface area (Å²) >= 11 is 1.52. The molecule has 1 aromatic rings. The molecular formula is C11H15NO2S. The summed E-state index contributed by atoms with van der Waals surface area (Å²) in [4.78, 5) is 14.2. The zero-order valence-electron chi connectivity index (χ0n) is 8.72. The van der Waals surface area contributed by atoms with E-state index in [1.165, 1.54) is 11.3 Å². The number of thiophene rings is 1. The smallest absolute Gasteiger partial charge is 0.225 e. The van der Waals surface area contributed by atoms with E-state index in [1.807, 2.05) is 17.5 Å². The van der Waals surface area contributed by atoms with Crippen molar-refractivity contribution in [1.29, 1.82) is 0 Å². The summed E-state index contributed by atoms with van der Waals surface area (Å²) in [6.45, 7) is 0.399. The first kappa shape index (κ1) is 10.6. The normalized spacial score (nSPS) is 17.5. The fraction of sp³-hybridized carbons (Fsp3) is 0.545. The van der Waals surface area contributed by atoms with Crippen LogP contribution in [0.1, 0.15) is 23.8 Å². The Balaban J connectivity index is 1.88. The van der Waals surface area contributed by atoms with Gasteiger partial charge in [0.05, 0.1) is 6.54 Å². The van der Waals surface area contributed by atoms with Crippen LogP contribution in [0.25, 0.3) is 0 Å². The van der Waals surface area contributed by atoms with Crippen molar-refractivity contribution in [2.45, 2.75) is 18.9 Å². The standard InChI is InChI=1S/C11H15NO2S/c1-12(11(14)8-4-5-8)7-9(13)10-3-2-6-15-10/h2-3,6,8-9,13H,4-5,7H2,1H3. The van der Waals surface area contributed by atoms with Crippen molar-refractivity contribution in [2.24, 2.45) is 5.92 Å². The van der Waals surface area contributed by atoms with Gasteiger partial charge in [-0.2, -0.15) is 0 Å². The molecule has 0 spiro atoms. The lowest BCUT2D eigenvalue weighted by molar-refractivity contribution is -0.132.